The molecule has 90 valence electrons. The van der Waals surface area contributed by atoms with Crippen molar-refractivity contribution >= 4 is 23.1 Å². The Bertz CT molecular complexity index is 576. The average molecular weight is 258 g/mol. The molecule has 0 spiro atoms. The van der Waals surface area contributed by atoms with Gasteiger partial charge in [-0.25, -0.2) is 0 Å². The first-order chi connectivity index (χ1) is 8.70. The summed E-state index contributed by atoms with van der Waals surface area (Å²) in [7, 11) is 0. The van der Waals surface area contributed by atoms with E-state index in [1.54, 1.807) is 24.3 Å². The first-order valence-corrected chi connectivity index (χ1v) is 5.88. The third-order valence-electron chi connectivity index (χ3n) is 2.56. The summed E-state index contributed by atoms with van der Waals surface area (Å²) in [5.74, 6) is -0.265. The van der Waals surface area contributed by atoms with Crippen molar-refractivity contribution in [2.45, 2.75) is 0 Å². The van der Waals surface area contributed by atoms with Gasteiger partial charge in [0.25, 0.3) is 0 Å². The van der Waals surface area contributed by atoms with Crippen LogP contribution in [0.25, 0.3) is 5.70 Å². The highest BCUT2D eigenvalue weighted by Crippen LogP contribution is 2.20. The lowest BCUT2D eigenvalue weighted by molar-refractivity contribution is 0.104. The normalized spacial score (nSPS) is 11.8. The molecule has 2 N–H and O–H groups in total. The second-order valence-electron chi connectivity index (χ2n) is 3.79. The zero-order valence-electron chi connectivity index (χ0n) is 9.64. The van der Waals surface area contributed by atoms with Gasteiger partial charge < -0.3 is 5.73 Å². The number of Topliss-reactive ketones (excluding diaryl/α,β-unsaturated/α-hetero) is 1. The van der Waals surface area contributed by atoms with Crippen molar-refractivity contribution in [1.29, 1.82) is 0 Å². The molecule has 2 rings (SSSR count). The van der Waals surface area contributed by atoms with Crippen molar-refractivity contribution in [3.05, 3.63) is 76.8 Å². The van der Waals surface area contributed by atoms with Crippen molar-refractivity contribution in [1.82, 2.24) is 0 Å². The standard InChI is InChI=1S/C15H12ClNO/c16-13(14(17)11-7-3-1-4-8-11)15(18)12-9-5-2-6-10-12/h1-10H,17H2/b14-13+. The summed E-state index contributed by atoms with van der Waals surface area (Å²) in [6, 6.07) is 18.0. The van der Waals surface area contributed by atoms with E-state index < -0.39 is 0 Å². The van der Waals surface area contributed by atoms with Gasteiger partial charge in [0.1, 0.15) is 5.03 Å². The van der Waals surface area contributed by atoms with Gasteiger partial charge in [-0.1, -0.05) is 72.3 Å². The number of rotatable bonds is 3. The van der Waals surface area contributed by atoms with Gasteiger partial charge in [0.2, 0.25) is 5.78 Å². The molecule has 2 aromatic rings. The van der Waals surface area contributed by atoms with Crippen molar-refractivity contribution < 1.29 is 4.79 Å². The second kappa shape index (κ2) is 5.52. The molecule has 0 aliphatic carbocycles. The minimum absolute atomic E-state index is 0.0485. The molecule has 18 heavy (non-hydrogen) atoms. The predicted molar refractivity (Wildman–Crippen MR) is 74.2 cm³/mol. The number of ketones is 1. The van der Waals surface area contributed by atoms with Gasteiger partial charge in [0.15, 0.2) is 0 Å². The summed E-state index contributed by atoms with van der Waals surface area (Å²) in [5, 5.41) is 0.0485. The number of nitrogens with two attached hydrogens (primary N) is 1. The molecular weight excluding hydrogens is 246 g/mol. The van der Waals surface area contributed by atoms with Crippen LogP contribution in [-0.4, -0.2) is 5.78 Å². The van der Waals surface area contributed by atoms with E-state index in [-0.39, 0.29) is 10.8 Å². The third-order valence-corrected chi connectivity index (χ3v) is 2.93. The number of hydrogen-bond acceptors (Lipinski definition) is 2. The van der Waals surface area contributed by atoms with E-state index in [2.05, 4.69) is 0 Å². The molecule has 0 amide bonds. The molecule has 0 saturated heterocycles. The number of benzene rings is 2. The van der Waals surface area contributed by atoms with Crippen molar-refractivity contribution in [2.75, 3.05) is 0 Å². The van der Waals surface area contributed by atoms with Crippen LogP contribution in [0.3, 0.4) is 0 Å². The smallest absolute Gasteiger partial charge is 0.206 e. The summed E-state index contributed by atoms with van der Waals surface area (Å²) in [6.07, 6.45) is 0. The van der Waals surface area contributed by atoms with Gasteiger partial charge >= 0.3 is 0 Å². The summed E-state index contributed by atoms with van der Waals surface area (Å²) in [6.45, 7) is 0. The van der Waals surface area contributed by atoms with E-state index in [1.807, 2.05) is 36.4 Å². The van der Waals surface area contributed by atoms with E-state index in [0.717, 1.165) is 5.56 Å². The molecule has 0 aliphatic heterocycles. The first kappa shape index (κ1) is 12.4. The van der Waals surface area contributed by atoms with E-state index in [1.165, 1.54) is 0 Å². The Labute approximate surface area is 111 Å². The summed E-state index contributed by atoms with van der Waals surface area (Å²) in [5.41, 5.74) is 7.47. The maximum atomic E-state index is 12.1. The monoisotopic (exact) mass is 257 g/mol. The molecule has 2 nitrogen and oxygen atoms in total. The van der Waals surface area contributed by atoms with Crippen LogP contribution in [0.15, 0.2) is 65.7 Å². The molecule has 0 aromatic heterocycles. The fourth-order valence-corrected chi connectivity index (χ4v) is 1.80. The highest BCUT2D eigenvalue weighted by atomic mass is 35.5. The molecule has 0 unspecified atom stereocenters. The van der Waals surface area contributed by atoms with Gasteiger partial charge in [-0.05, 0) is 5.56 Å². The number of allylic oxidation sites excluding steroid dienone is 1. The van der Waals surface area contributed by atoms with E-state index >= 15 is 0 Å². The van der Waals surface area contributed by atoms with E-state index in [0.29, 0.717) is 11.3 Å². The molecule has 2 aromatic carbocycles. The topological polar surface area (TPSA) is 43.1 Å². The van der Waals surface area contributed by atoms with Crippen LogP contribution in [0.5, 0.6) is 0 Å². The van der Waals surface area contributed by atoms with Crippen LogP contribution < -0.4 is 5.73 Å². The number of hydrogen-bond donors (Lipinski definition) is 1. The van der Waals surface area contributed by atoms with Crippen LogP contribution in [0.4, 0.5) is 0 Å². The highest BCUT2D eigenvalue weighted by molar-refractivity contribution is 6.47. The van der Waals surface area contributed by atoms with Crippen molar-refractivity contribution in [3.8, 4) is 0 Å². The molecule has 0 saturated carbocycles. The minimum Gasteiger partial charge on any atom is -0.397 e. The lowest BCUT2D eigenvalue weighted by Gasteiger charge is -2.05. The summed E-state index contributed by atoms with van der Waals surface area (Å²) < 4.78 is 0. The summed E-state index contributed by atoms with van der Waals surface area (Å²) >= 11 is 6.06. The van der Waals surface area contributed by atoms with Crippen molar-refractivity contribution in [3.63, 3.8) is 0 Å². The molecule has 0 heterocycles. The van der Waals surface area contributed by atoms with Crippen LogP contribution >= 0.6 is 11.6 Å². The van der Waals surface area contributed by atoms with Crippen molar-refractivity contribution in [2.24, 2.45) is 5.73 Å². The Morgan fingerprint density at radius 3 is 1.78 bits per heavy atom. The second-order valence-corrected chi connectivity index (χ2v) is 4.17. The predicted octanol–water partition coefficient (Wildman–Crippen LogP) is 3.44. The maximum Gasteiger partial charge on any atom is 0.206 e. The fraction of sp³-hybridized carbons (Fsp3) is 0. The quantitative estimate of drug-likeness (QED) is 0.676. The largest absolute Gasteiger partial charge is 0.397 e. The molecule has 0 aliphatic rings. The maximum absolute atomic E-state index is 12.1. The molecule has 0 bridgehead atoms. The first-order valence-electron chi connectivity index (χ1n) is 5.50. The van der Waals surface area contributed by atoms with Gasteiger partial charge in [0.05, 0.1) is 5.70 Å². The van der Waals surface area contributed by atoms with Gasteiger partial charge in [0, 0.05) is 5.56 Å². The Balaban J connectivity index is 2.37. The Morgan fingerprint density at radius 2 is 1.28 bits per heavy atom. The number of carbonyl (C=O) groups is 1. The Morgan fingerprint density at radius 1 is 0.833 bits per heavy atom. The van der Waals surface area contributed by atoms with E-state index in [4.69, 9.17) is 17.3 Å². The Kier molecular flexibility index (Phi) is 3.80. The Hall–Kier alpha value is -2.06. The van der Waals surface area contributed by atoms with Crippen LogP contribution in [0.1, 0.15) is 15.9 Å². The molecule has 0 atom stereocenters. The lowest BCUT2D eigenvalue weighted by Crippen LogP contribution is -2.07. The molecular formula is C15H12ClNO. The SMILES string of the molecule is N/C(=C(/Cl)C(=O)c1ccccc1)c1ccccc1. The highest BCUT2D eigenvalue weighted by Gasteiger charge is 2.14. The van der Waals surface area contributed by atoms with Gasteiger partial charge in [-0.2, -0.15) is 0 Å². The van der Waals surface area contributed by atoms with E-state index in [9.17, 15) is 4.79 Å². The number of carbonyl (C=O) groups excluding carboxylic acids is 1. The van der Waals surface area contributed by atoms with Crippen LogP contribution in [-0.2, 0) is 0 Å². The zero-order chi connectivity index (χ0) is 13.0. The average Bonchev–Trinajstić information content (AvgIpc) is 2.47. The van der Waals surface area contributed by atoms with Crippen LogP contribution in [0, 0.1) is 0 Å². The number of halogens is 1. The van der Waals surface area contributed by atoms with Crippen LogP contribution in [0.2, 0.25) is 0 Å². The zero-order valence-corrected chi connectivity index (χ0v) is 10.4. The summed E-state index contributed by atoms with van der Waals surface area (Å²) in [4.78, 5) is 12.1. The van der Waals surface area contributed by atoms with Gasteiger partial charge in [-0.15, -0.1) is 0 Å². The lowest BCUT2D eigenvalue weighted by atomic mass is 10.1. The minimum atomic E-state index is -0.265. The molecule has 3 heteroatoms. The third kappa shape index (κ3) is 2.60. The molecule has 0 radical (unpaired) electrons. The van der Waals surface area contributed by atoms with Gasteiger partial charge in [-0.3, -0.25) is 4.79 Å². The fourth-order valence-electron chi connectivity index (χ4n) is 1.58. The molecule has 0 fully saturated rings.